The minimum Gasteiger partial charge on any atom is -0.408 e. The second kappa shape index (κ2) is 5.99. The van der Waals surface area contributed by atoms with Crippen LogP contribution in [0.25, 0.3) is 11.1 Å². The average molecular weight is 337 g/mol. The van der Waals surface area contributed by atoms with E-state index in [-0.39, 0.29) is 5.76 Å². The lowest BCUT2D eigenvalue weighted by Crippen LogP contribution is -2.32. The van der Waals surface area contributed by atoms with E-state index in [0.29, 0.717) is 17.7 Å². The van der Waals surface area contributed by atoms with E-state index in [1.54, 1.807) is 7.05 Å². The number of fused-ring (bicyclic) bond motifs is 1. The Kier molecular flexibility index (Phi) is 3.79. The number of aromatic nitrogens is 1. The lowest BCUT2D eigenvalue weighted by Gasteiger charge is -2.28. The molecule has 25 heavy (non-hydrogen) atoms. The van der Waals surface area contributed by atoms with Crippen molar-refractivity contribution in [3.05, 3.63) is 53.0 Å². The summed E-state index contributed by atoms with van der Waals surface area (Å²) in [6.07, 6.45) is 2.51. The lowest BCUT2D eigenvalue weighted by molar-refractivity contribution is 0.528. The van der Waals surface area contributed by atoms with Crippen molar-refractivity contribution in [2.45, 2.75) is 38.8 Å². The normalized spacial score (nSPS) is 20.4. The Morgan fingerprint density at radius 2 is 1.64 bits per heavy atom. The molecule has 3 aromatic rings. The van der Waals surface area contributed by atoms with Gasteiger partial charge in [-0.15, -0.1) is 0 Å². The van der Waals surface area contributed by atoms with Crippen molar-refractivity contribution < 1.29 is 4.42 Å². The summed E-state index contributed by atoms with van der Waals surface area (Å²) in [5.41, 5.74) is 4.57. The highest BCUT2D eigenvalue weighted by molar-refractivity contribution is 5.79. The van der Waals surface area contributed by atoms with Crippen LogP contribution in [-0.2, 0) is 7.05 Å². The van der Waals surface area contributed by atoms with Gasteiger partial charge in [0.15, 0.2) is 5.58 Å². The number of hydrogen-bond donors (Lipinski definition) is 1. The molecule has 2 atom stereocenters. The monoisotopic (exact) mass is 337 g/mol. The van der Waals surface area contributed by atoms with Gasteiger partial charge in [0.25, 0.3) is 0 Å². The van der Waals surface area contributed by atoms with E-state index < -0.39 is 0 Å². The maximum Gasteiger partial charge on any atom is 0.419 e. The number of aryl methyl sites for hydroxylation is 1. The Hall–Kier alpha value is -2.69. The van der Waals surface area contributed by atoms with Gasteiger partial charge in [0.2, 0.25) is 0 Å². The molecule has 1 aromatic heterocycles. The summed E-state index contributed by atoms with van der Waals surface area (Å²) in [5, 5.41) is 3.38. The highest BCUT2D eigenvalue weighted by Gasteiger charge is 2.27. The highest BCUT2D eigenvalue weighted by Crippen LogP contribution is 2.31. The molecule has 1 aliphatic heterocycles. The van der Waals surface area contributed by atoms with Gasteiger partial charge in [-0.2, -0.15) is 0 Å². The Balaban J connectivity index is 1.56. The predicted octanol–water partition coefficient (Wildman–Crippen LogP) is 4.25. The molecular formula is C20H23N3O2. The maximum absolute atomic E-state index is 11.6. The number of oxazole rings is 1. The van der Waals surface area contributed by atoms with Crippen LogP contribution in [0.3, 0.4) is 0 Å². The minimum absolute atomic E-state index is 0.342. The summed E-state index contributed by atoms with van der Waals surface area (Å²) in [5.74, 6) is -0.342. The van der Waals surface area contributed by atoms with Crippen molar-refractivity contribution in [1.29, 1.82) is 0 Å². The van der Waals surface area contributed by atoms with Crippen LogP contribution in [0, 0.1) is 0 Å². The molecule has 0 radical (unpaired) electrons. The zero-order chi connectivity index (χ0) is 17.6. The molecule has 0 aliphatic carbocycles. The van der Waals surface area contributed by atoms with E-state index in [1.807, 2.05) is 18.2 Å². The van der Waals surface area contributed by atoms with Gasteiger partial charge >= 0.3 is 5.76 Å². The van der Waals surface area contributed by atoms with Gasteiger partial charge < -0.3 is 14.6 Å². The maximum atomic E-state index is 11.6. The quantitative estimate of drug-likeness (QED) is 0.776. The van der Waals surface area contributed by atoms with Gasteiger partial charge in [-0.05, 0) is 63.1 Å². The standard InChI is InChI=1S/C20H23N3O2/c1-13-4-5-14(2)23(13)17-9-6-15(7-10-17)21-16-8-11-18-19(12-16)25-20(24)22(18)3/h6-14,21H,4-5H2,1-3H3. The van der Waals surface area contributed by atoms with Crippen LogP contribution in [0.1, 0.15) is 26.7 Å². The molecule has 2 unspecified atom stereocenters. The molecule has 5 heteroatoms. The van der Waals surface area contributed by atoms with Crippen LogP contribution < -0.4 is 16.0 Å². The zero-order valence-corrected chi connectivity index (χ0v) is 14.8. The molecule has 0 saturated carbocycles. The molecule has 4 rings (SSSR count). The third kappa shape index (κ3) is 2.80. The van der Waals surface area contributed by atoms with Crippen LogP contribution >= 0.6 is 0 Å². The molecular weight excluding hydrogens is 314 g/mol. The molecule has 5 nitrogen and oxygen atoms in total. The Morgan fingerprint density at radius 1 is 1.00 bits per heavy atom. The van der Waals surface area contributed by atoms with Gasteiger partial charge in [0.05, 0.1) is 5.52 Å². The third-order valence-corrected chi connectivity index (χ3v) is 5.20. The van der Waals surface area contributed by atoms with Gasteiger partial charge in [-0.3, -0.25) is 4.57 Å². The molecule has 2 aromatic carbocycles. The van der Waals surface area contributed by atoms with E-state index in [9.17, 15) is 4.79 Å². The second-order valence-corrected chi connectivity index (χ2v) is 6.96. The van der Waals surface area contributed by atoms with Crippen LogP contribution in [0.15, 0.2) is 51.7 Å². The first-order chi connectivity index (χ1) is 12.0. The third-order valence-electron chi connectivity index (χ3n) is 5.20. The van der Waals surface area contributed by atoms with Crippen molar-refractivity contribution in [3.63, 3.8) is 0 Å². The number of hydrogen-bond acceptors (Lipinski definition) is 4. The van der Waals surface area contributed by atoms with Crippen molar-refractivity contribution >= 4 is 28.2 Å². The first kappa shape index (κ1) is 15.8. The van der Waals surface area contributed by atoms with Gasteiger partial charge in [-0.25, -0.2) is 4.79 Å². The summed E-state index contributed by atoms with van der Waals surface area (Å²) in [7, 11) is 1.71. The Labute approximate surface area is 146 Å². The largest absolute Gasteiger partial charge is 0.419 e. The van der Waals surface area contributed by atoms with E-state index in [2.05, 4.69) is 48.3 Å². The number of anilines is 3. The van der Waals surface area contributed by atoms with Gasteiger partial charge in [0.1, 0.15) is 0 Å². The Morgan fingerprint density at radius 3 is 2.32 bits per heavy atom. The van der Waals surface area contributed by atoms with E-state index in [4.69, 9.17) is 4.42 Å². The molecule has 1 N–H and O–H groups in total. The first-order valence-electron chi connectivity index (χ1n) is 8.78. The molecule has 0 bridgehead atoms. The lowest BCUT2D eigenvalue weighted by atomic mass is 10.2. The summed E-state index contributed by atoms with van der Waals surface area (Å²) < 4.78 is 6.75. The zero-order valence-electron chi connectivity index (χ0n) is 14.8. The van der Waals surface area contributed by atoms with Crippen LogP contribution in [0.2, 0.25) is 0 Å². The fraction of sp³-hybridized carbons (Fsp3) is 0.350. The van der Waals surface area contributed by atoms with Crippen LogP contribution in [-0.4, -0.2) is 16.7 Å². The highest BCUT2D eigenvalue weighted by atomic mass is 16.4. The fourth-order valence-corrected chi connectivity index (χ4v) is 3.80. The topological polar surface area (TPSA) is 50.4 Å². The summed E-state index contributed by atoms with van der Waals surface area (Å²) >= 11 is 0. The fourth-order valence-electron chi connectivity index (χ4n) is 3.80. The first-order valence-corrected chi connectivity index (χ1v) is 8.78. The molecule has 1 saturated heterocycles. The molecule has 0 spiro atoms. The van der Waals surface area contributed by atoms with E-state index >= 15 is 0 Å². The predicted molar refractivity (Wildman–Crippen MR) is 102 cm³/mol. The number of nitrogens with zero attached hydrogens (tertiary/aromatic N) is 2. The van der Waals surface area contributed by atoms with E-state index in [1.165, 1.54) is 23.1 Å². The minimum atomic E-state index is -0.342. The van der Waals surface area contributed by atoms with Crippen molar-refractivity contribution in [1.82, 2.24) is 4.57 Å². The van der Waals surface area contributed by atoms with E-state index in [0.717, 1.165) is 16.9 Å². The Bertz CT molecular complexity index is 945. The van der Waals surface area contributed by atoms with Crippen LogP contribution in [0.4, 0.5) is 17.1 Å². The van der Waals surface area contributed by atoms with Crippen molar-refractivity contribution in [2.24, 2.45) is 7.05 Å². The van der Waals surface area contributed by atoms with Gasteiger partial charge in [0, 0.05) is 42.3 Å². The molecule has 130 valence electrons. The van der Waals surface area contributed by atoms with Crippen LogP contribution in [0.5, 0.6) is 0 Å². The number of nitrogens with one attached hydrogen (secondary N) is 1. The smallest absolute Gasteiger partial charge is 0.408 e. The molecule has 2 heterocycles. The second-order valence-electron chi connectivity index (χ2n) is 6.96. The van der Waals surface area contributed by atoms with Gasteiger partial charge in [-0.1, -0.05) is 0 Å². The molecule has 0 amide bonds. The van der Waals surface area contributed by atoms with Crippen molar-refractivity contribution in [3.8, 4) is 0 Å². The summed E-state index contributed by atoms with van der Waals surface area (Å²) in [6.45, 7) is 4.58. The number of rotatable bonds is 3. The van der Waals surface area contributed by atoms with Crippen molar-refractivity contribution in [2.75, 3.05) is 10.2 Å². The molecule has 1 fully saturated rings. The number of benzene rings is 2. The molecule has 1 aliphatic rings. The summed E-state index contributed by atoms with van der Waals surface area (Å²) in [6, 6.07) is 15.4. The SMILES string of the molecule is CC1CCC(C)N1c1ccc(Nc2ccc3c(c2)oc(=O)n3C)cc1. The summed E-state index contributed by atoms with van der Waals surface area (Å²) in [4.78, 5) is 14.1. The average Bonchev–Trinajstić information content (AvgIpc) is 3.08.